The van der Waals surface area contributed by atoms with E-state index < -0.39 is 15.8 Å². The van der Waals surface area contributed by atoms with Crippen LogP contribution in [0.2, 0.25) is 0 Å². The normalized spacial score (nSPS) is 18.6. The summed E-state index contributed by atoms with van der Waals surface area (Å²) in [7, 11) is -3.12. The molecule has 1 aromatic heterocycles. The van der Waals surface area contributed by atoms with E-state index in [1.807, 2.05) is 55.5 Å². The number of rotatable bonds is 4. The zero-order valence-electron chi connectivity index (χ0n) is 15.0. The molecule has 1 aliphatic rings. The average Bonchev–Trinajstić information content (AvgIpc) is 3.24. The molecule has 1 amide bonds. The lowest BCUT2D eigenvalue weighted by Gasteiger charge is -2.23. The third-order valence-corrected chi connectivity index (χ3v) is 7.68. The Morgan fingerprint density at radius 1 is 1.19 bits per heavy atom. The Kier molecular flexibility index (Phi) is 4.74. The smallest absolute Gasteiger partial charge is 0.233 e. The summed E-state index contributed by atoms with van der Waals surface area (Å²) in [6, 6.07) is 15.7. The maximum atomic E-state index is 13.2. The molecule has 1 fully saturated rings. The Labute approximate surface area is 162 Å². The first-order chi connectivity index (χ1) is 12.9. The Bertz CT molecular complexity index is 1090. The van der Waals surface area contributed by atoms with Gasteiger partial charge in [0, 0.05) is 0 Å². The predicted molar refractivity (Wildman–Crippen MR) is 109 cm³/mol. The number of nitrogens with zero attached hydrogens (tertiary/aromatic N) is 2. The largest absolute Gasteiger partial charge is 0.283 e. The number of aryl methyl sites for hydroxylation is 1. The summed E-state index contributed by atoms with van der Waals surface area (Å²) in [5, 5.41) is 0.623. The average molecular weight is 401 g/mol. The molecule has 0 N–H and O–H groups in total. The van der Waals surface area contributed by atoms with Crippen molar-refractivity contribution in [1.82, 2.24) is 4.98 Å². The van der Waals surface area contributed by atoms with Crippen LogP contribution in [-0.2, 0) is 21.2 Å². The van der Waals surface area contributed by atoms with Crippen molar-refractivity contribution in [2.45, 2.75) is 19.9 Å². The highest BCUT2D eigenvalue weighted by atomic mass is 32.2. The summed E-state index contributed by atoms with van der Waals surface area (Å²) in [5.41, 5.74) is 2.94. The maximum absolute atomic E-state index is 13.2. The van der Waals surface area contributed by atoms with Gasteiger partial charge >= 0.3 is 0 Å². The number of benzene rings is 2. The number of hydrogen-bond acceptors (Lipinski definition) is 5. The van der Waals surface area contributed by atoms with Gasteiger partial charge in [-0.15, -0.1) is 0 Å². The lowest BCUT2D eigenvalue weighted by molar-refractivity contribution is -0.121. The van der Waals surface area contributed by atoms with Crippen molar-refractivity contribution in [3.8, 4) is 0 Å². The molecule has 7 heteroatoms. The van der Waals surface area contributed by atoms with Crippen LogP contribution in [0.4, 0.5) is 5.13 Å². The van der Waals surface area contributed by atoms with Gasteiger partial charge in [-0.2, -0.15) is 0 Å². The number of sulfone groups is 1. The fraction of sp³-hybridized carbons (Fsp3) is 0.300. The van der Waals surface area contributed by atoms with Crippen LogP contribution in [0, 0.1) is 12.8 Å². The van der Waals surface area contributed by atoms with Gasteiger partial charge in [0.15, 0.2) is 15.0 Å². The van der Waals surface area contributed by atoms with Gasteiger partial charge in [-0.25, -0.2) is 13.4 Å². The lowest BCUT2D eigenvalue weighted by atomic mass is 10.1. The molecule has 0 spiro atoms. The van der Waals surface area contributed by atoms with Crippen LogP contribution in [0.1, 0.15) is 17.5 Å². The molecule has 3 aromatic rings. The second-order valence-corrected chi connectivity index (χ2v) is 10.2. The van der Waals surface area contributed by atoms with Crippen LogP contribution in [0.25, 0.3) is 10.2 Å². The topological polar surface area (TPSA) is 67.3 Å². The Hall–Kier alpha value is -2.25. The maximum Gasteiger partial charge on any atom is 0.233 e. The Morgan fingerprint density at radius 3 is 2.63 bits per heavy atom. The first kappa shape index (κ1) is 18.1. The van der Waals surface area contributed by atoms with E-state index in [1.54, 1.807) is 4.90 Å². The summed E-state index contributed by atoms with van der Waals surface area (Å²) in [5.74, 6) is -0.633. The number of amides is 1. The van der Waals surface area contributed by atoms with Crippen LogP contribution in [-0.4, -0.2) is 30.8 Å². The number of thiazole rings is 1. The molecule has 0 bridgehead atoms. The SMILES string of the molecule is Cc1cccc2sc(N(Cc3ccccc3)C(=O)[C@H]3CCS(=O)(=O)C3)nc12. The zero-order valence-corrected chi connectivity index (χ0v) is 16.6. The van der Waals surface area contributed by atoms with Gasteiger partial charge in [-0.3, -0.25) is 9.69 Å². The molecule has 1 atom stereocenters. The number of aromatic nitrogens is 1. The summed E-state index contributed by atoms with van der Waals surface area (Å²) in [6.07, 6.45) is 0.385. The second kappa shape index (κ2) is 7.05. The van der Waals surface area contributed by atoms with Gasteiger partial charge < -0.3 is 0 Å². The third kappa shape index (κ3) is 3.75. The lowest BCUT2D eigenvalue weighted by Crippen LogP contribution is -2.36. The van der Waals surface area contributed by atoms with Gasteiger partial charge in [-0.05, 0) is 30.5 Å². The molecule has 140 valence electrons. The predicted octanol–water partition coefficient (Wildman–Crippen LogP) is 3.57. The zero-order chi connectivity index (χ0) is 19.0. The monoisotopic (exact) mass is 400 g/mol. The molecule has 5 nitrogen and oxygen atoms in total. The van der Waals surface area contributed by atoms with E-state index in [-0.39, 0.29) is 17.4 Å². The number of hydrogen-bond donors (Lipinski definition) is 0. The molecule has 1 aliphatic heterocycles. The minimum atomic E-state index is -3.12. The molecule has 0 unspecified atom stereocenters. The van der Waals surface area contributed by atoms with Crippen LogP contribution in [0.5, 0.6) is 0 Å². The molecule has 1 saturated heterocycles. The number of anilines is 1. The molecule has 27 heavy (non-hydrogen) atoms. The van der Waals surface area contributed by atoms with E-state index in [0.717, 1.165) is 21.3 Å². The van der Waals surface area contributed by atoms with Crippen molar-refractivity contribution in [2.75, 3.05) is 16.4 Å². The van der Waals surface area contributed by atoms with Gasteiger partial charge in [0.2, 0.25) is 5.91 Å². The molecule has 2 aromatic carbocycles. The second-order valence-electron chi connectivity index (χ2n) is 6.93. The van der Waals surface area contributed by atoms with Crippen molar-refractivity contribution in [2.24, 2.45) is 5.92 Å². The minimum absolute atomic E-state index is 0.0684. The highest BCUT2D eigenvalue weighted by molar-refractivity contribution is 7.91. The number of para-hydroxylation sites is 1. The van der Waals surface area contributed by atoms with E-state index in [0.29, 0.717) is 18.1 Å². The third-order valence-electron chi connectivity index (χ3n) is 4.87. The standard InChI is InChI=1S/C20H20N2O3S2/c1-14-6-5-9-17-18(14)21-20(26-17)22(12-15-7-3-2-4-8-15)19(23)16-10-11-27(24,25)13-16/h2-9,16H,10-13H2,1H3/t16-/m0/s1. The number of carbonyl (C=O) groups is 1. The van der Waals surface area contributed by atoms with Crippen molar-refractivity contribution in [3.63, 3.8) is 0 Å². The van der Waals surface area contributed by atoms with E-state index in [9.17, 15) is 13.2 Å². The van der Waals surface area contributed by atoms with Gasteiger partial charge in [0.25, 0.3) is 0 Å². The quantitative estimate of drug-likeness (QED) is 0.671. The molecule has 0 aliphatic carbocycles. The van der Waals surface area contributed by atoms with E-state index in [4.69, 9.17) is 4.98 Å². The Morgan fingerprint density at radius 2 is 1.96 bits per heavy atom. The fourth-order valence-corrected chi connectivity index (χ4v) is 6.19. The van der Waals surface area contributed by atoms with Crippen molar-refractivity contribution in [3.05, 3.63) is 59.7 Å². The molecule has 2 heterocycles. The summed E-state index contributed by atoms with van der Waals surface area (Å²) in [4.78, 5) is 19.6. The van der Waals surface area contributed by atoms with Gasteiger partial charge in [-0.1, -0.05) is 53.8 Å². The summed E-state index contributed by atoms with van der Waals surface area (Å²) < 4.78 is 24.8. The molecular weight excluding hydrogens is 380 g/mol. The van der Waals surface area contributed by atoms with E-state index in [2.05, 4.69) is 0 Å². The fourth-order valence-electron chi connectivity index (χ4n) is 3.41. The van der Waals surface area contributed by atoms with Crippen molar-refractivity contribution < 1.29 is 13.2 Å². The molecule has 4 rings (SSSR count). The van der Waals surface area contributed by atoms with E-state index in [1.165, 1.54) is 11.3 Å². The minimum Gasteiger partial charge on any atom is -0.283 e. The number of fused-ring (bicyclic) bond motifs is 1. The Balaban J connectivity index is 1.73. The molecule has 0 saturated carbocycles. The van der Waals surface area contributed by atoms with E-state index >= 15 is 0 Å². The van der Waals surface area contributed by atoms with Crippen LogP contribution >= 0.6 is 11.3 Å². The van der Waals surface area contributed by atoms with Crippen molar-refractivity contribution in [1.29, 1.82) is 0 Å². The molecule has 0 radical (unpaired) electrons. The van der Waals surface area contributed by atoms with Crippen LogP contribution < -0.4 is 4.90 Å². The molecular formula is C20H20N2O3S2. The van der Waals surface area contributed by atoms with Gasteiger partial charge in [0.1, 0.15) is 0 Å². The number of carbonyl (C=O) groups excluding carboxylic acids is 1. The summed E-state index contributed by atoms with van der Waals surface area (Å²) in [6.45, 7) is 2.38. The van der Waals surface area contributed by atoms with Gasteiger partial charge in [0.05, 0.1) is 34.2 Å². The summed E-state index contributed by atoms with van der Waals surface area (Å²) >= 11 is 1.47. The highest BCUT2D eigenvalue weighted by Crippen LogP contribution is 2.33. The van der Waals surface area contributed by atoms with Crippen LogP contribution in [0.3, 0.4) is 0 Å². The first-order valence-corrected chi connectivity index (χ1v) is 11.5. The van der Waals surface area contributed by atoms with Crippen LogP contribution in [0.15, 0.2) is 48.5 Å². The highest BCUT2D eigenvalue weighted by Gasteiger charge is 2.36. The van der Waals surface area contributed by atoms with Crippen molar-refractivity contribution >= 4 is 42.4 Å². The first-order valence-electron chi connectivity index (χ1n) is 8.85.